The average molecular weight is 539 g/mol. The summed E-state index contributed by atoms with van der Waals surface area (Å²) in [7, 11) is 0. The van der Waals surface area contributed by atoms with E-state index in [9.17, 15) is 19.2 Å². The first-order valence-corrected chi connectivity index (χ1v) is 13.5. The summed E-state index contributed by atoms with van der Waals surface area (Å²) in [5.41, 5.74) is 1.03. The van der Waals surface area contributed by atoms with Crippen LogP contribution in [0, 0.1) is 5.92 Å². The van der Waals surface area contributed by atoms with E-state index in [2.05, 4.69) is 13.8 Å². The summed E-state index contributed by atoms with van der Waals surface area (Å²) in [6.07, 6.45) is 10.7. The average Bonchev–Trinajstić information content (AvgIpc) is 2.93. The van der Waals surface area contributed by atoms with Crippen molar-refractivity contribution >= 4 is 30.0 Å². The molecule has 0 spiro atoms. The van der Waals surface area contributed by atoms with Crippen molar-refractivity contribution in [2.75, 3.05) is 13.2 Å². The van der Waals surface area contributed by atoms with Gasteiger partial charge in [-0.15, -0.1) is 0 Å². The topological polar surface area (TPSA) is 116 Å². The van der Waals surface area contributed by atoms with Crippen LogP contribution in [-0.4, -0.2) is 42.2 Å². The van der Waals surface area contributed by atoms with E-state index in [1.54, 1.807) is 30.3 Å². The number of rotatable bonds is 17. The second-order valence-corrected chi connectivity index (χ2v) is 9.13. The first-order chi connectivity index (χ1) is 18.8. The lowest BCUT2D eigenvalue weighted by atomic mass is 10.1. The van der Waals surface area contributed by atoms with Crippen molar-refractivity contribution in [2.24, 2.45) is 5.92 Å². The predicted octanol–water partition coefficient (Wildman–Crippen LogP) is 6.48. The standard InChI is InChI=1S/C31H38O8/c1-3-5-7-9-21-37-30(35)27(31(36)38-22-10-8-6-4-2)20-13-23-11-14-25(15-12-23)29(34)39-26-18-16-24(17-19-26)28(32)33/h11-20,27H,3-10,21-22H2,1-2H3,(H,32,33). The molecule has 0 aliphatic carbocycles. The first kappa shape index (κ1) is 31.3. The lowest BCUT2D eigenvalue weighted by Crippen LogP contribution is -2.27. The van der Waals surface area contributed by atoms with E-state index in [1.165, 1.54) is 30.3 Å². The highest BCUT2D eigenvalue weighted by molar-refractivity contribution is 5.98. The second kappa shape index (κ2) is 17.5. The van der Waals surface area contributed by atoms with Gasteiger partial charge in [-0.1, -0.05) is 76.7 Å². The third-order valence-electron chi connectivity index (χ3n) is 5.93. The number of carbonyl (C=O) groups excluding carboxylic acids is 3. The summed E-state index contributed by atoms with van der Waals surface area (Å²) in [6.45, 7) is 4.70. The predicted molar refractivity (Wildman–Crippen MR) is 148 cm³/mol. The molecule has 0 saturated heterocycles. The maximum atomic E-state index is 12.7. The number of aromatic carboxylic acids is 1. The van der Waals surface area contributed by atoms with Crippen molar-refractivity contribution in [1.82, 2.24) is 0 Å². The van der Waals surface area contributed by atoms with Gasteiger partial charge in [-0.25, -0.2) is 9.59 Å². The van der Waals surface area contributed by atoms with Crippen LogP contribution in [0.2, 0.25) is 0 Å². The monoisotopic (exact) mass is 538 g/mol. The van der Waals surface area contributed by atoms with Gasteiger partial charge in [-0.3, -0.25) is 9.59 Å². The molecule has 0 aliphatic heterocycles. The molecule has 0 unspecified atom stereocenters. The summed E-state index contributed by atoms with van der Waals surface area (Å²) in [4.78, 5) is 48.8. The molecule has 8 nitrogen and oxygen atoms in total. The Kier molecular flexibility index (Phi) is 14.1. The number of hydrogen-bond acceptors (Lipinski definition) is 7. The molecule has 2 aromatic rings. The number of ether oxygens (including phenoxy) is 3. The molecule has 210 valence electrons. The highest BCUT2D eigenvalue weighted by atomic mass is 16.6. The zero-order valence-electron chi connectivity index (χ0n) is 22.7. The van der Waals surface area contributed by atoms with Gasteiger partial charge in [0.05, 0.1) is 24.3 Å². The maximum Gasteiger partial charge on any atom is 0.343 e. The van der Waals surface area contributed by atoms with Crippen LogP contribution in [0.1, 0.15) is 91.5 Å². The number of carboxylic acid groups (broad SMARTS) is 1. The minimum atomic E-state index is -1.18. The molecule has 0 heterocycles. The van der Waals surface area contributed by atoms with E-state index in [0.29, 0.717) is 5.56 Å². The quantitative estimate of drug-likeness (QED) is 0.105. The molecule has 1 N–H and O–H groups in total. The lowest BCUT2D eigenvalue weighted by molar-refractivity contribution is -0.159. The minimum absolute atomic E-state index is 0.0880. The summed E-state index contributed by atoms with van der Waals surface area (Å²) >= 11 is 0. The van der Waals surface area contributed by atoms with E-state index < -0.39 is 29.8 Å². The minimum Gasteiger partial charge on any atom is -0.478 e. The Morgan fingerprint density at radius 2 is 1.23 bits per heavy atom. The molecule has 0 aromatic heterocycles. The highest BCUT2D eigenvalue weighted by Crippen LogP contribution is 2.16. The number of benzene rings is 2. The van der Waals surface area contributed by atoms with Crippen LogP contribution in [0.5, 0.6) is 5.75 Å². The van der Waals surface area contributed by atoms with E-state index in [-0.39, 0.29) is 30.1 Å². The van der Waals surface area contributed by atoms with Crippen molar-refractivity contribution in [2.45, 2.75) is 65.2 Å². The summed E-state index contributed by atoms with van der Waals surface area (Å²) in [6, 6.07) is 11.9. The van der Waals surface area contributed by atoms with Gasteiger partial charge in [0.1, 0.15) is 5.75 Å². The Bertz CT molecular complexity index is 1060. The number of carbonyl (C=O) groups is 4. The Balaban J connectivity index is 2.01. The molecule has 0 aliphatic rings. The van der Waals surface area contributed by atoms with Gasteiger partial charge in [-0.05, 0) is 54.8 Å². The first-order valence-electron chi connectivity index (χ1n) is 13.5. The number of unbranched alkanes of at least 4 members (excludes halogenated alkanes) is 6. The van der Waals surface area contributed by atoms with Crippen LogP contribution >= 0.6 is 0 Å². The molecule has 8 heteroatoms. The zero-order valence-corrected chi connectivity index (χ0v) is 22.7. The number of hydrogen-bond donors (Lipinski definition) is 1. The van der Waals surface area contributed by atoms with Crippen molar-refractivity contribution in [3.63, 3.8) is 0 Å². The molecule has 0 bridgehead atoms. The molecule has 2 rings (SSSR count). The fraction of sp³-hybridized carbons (Fsp3) is 0.419. The molecule has 2 aromatic carbocycles. The molecule has 0 radical (unpaired) electrons. The molecular formula is C31H38O8. The van der Waals surface area contributed by atoms with Crippen LogP contribution in [0.15, 0.2) is 54.6 Å². The lowest BCUT2D eigenvalue weighted by Gasteiger charge is -2.13. The van der Waals surface area contributed by atoms with E-state index in [0.717, 1.165) is 51.4 Å². The van der Waals surface area contributed by atoms with Gasteiger partial charge >= 0.3 is 23.9 Å². The Labute approximate surface area is 230 Å². The van der Waals surface area contributed by atoms with Gasteiger partial charge in [0.15, 0.2) is 5.92 Å². The van der Waals surface area contributed by atoms with E-state index >= 15 is 0 Å². The Morgan fingerprint density at radius 1 is 0.718 bits per heavy atom. The van der Waals surface area contributed by atoms with Crippen LogP contribution in [0.3, 0.4) is 0 Å². The third kappa shape index (κ3) is 11.5. The smallest absolute Gasteiger partial charge is 0.343 e. The fourth-order valence-corrected chi connectivity index (χ4v) is 3.61. The highest BCUT2D eigenvalue weighted by Gasteiger charge is 2.27. The van der Waals surface area contributed by atoms with E-state index in [4.69, 9.17) is 19.3 Å². The van der Waals surface area contributed by atoms with Gasteiger partial charge in [0, 0.05) is 0 Å². The van der Waals surface area contributed by atoms with Crippen LogP contribution < -0.4 is 4.74 Å². The molecule has 0 atom stereocenters. The van der Waals surface area contributed by atoms with Gasteiger partial charge in [-0.2, -0.15) is 0 Å². The van der Waals surface area contributed by atoms with E-state index in [1.807, 2.05) is 0 Å². The van der Waals surface area contributed by atoms with Crippen molar-refractivity contribution in [3.8, 4) is 5.75 Å². The molecule has 39 heavy (non-hydrogen) atoms. The van der Waals surface area contributed by atoms with Crippen molar-refractivity contribution in [3.05, 3.63) is 71.3 Å². The van der Waals surface area contributed by atoms with Crippen LogP contribution in [0.25, 0.3) is 6.08 Å². The number of esters is 3. The largest absolute Gasteiger partial charge is 0.478 e. The second-order valence-electron chi connectivity index (χ2n) is 9.13. The fourth-order valence-electron chi connectivity index (χ4n) is 3.61. The van der Waals surface area contributed by atoms with Crippen LogP contribution in [0.4, 0.5) is 0 Å². The molecule has 0 saturated carbocycles. The maximum absolute atomic E-state index is 12.7. The van der Waals surface area contributed by atoms with Gasteiger partial charge < -0.3 is 19.3 Å². The zero-order chi connectivity index (χ0) is 28.5. The van der Waals surface area contributed by atoms with Crippen LogP contribution in [-0.2, 0) is 19.1 Å². The number of carboxylic acids is 1. The normalized spacial score (nSPS) is 10.9. The van der Waals surface area contributed by atoms with Gasteiger partial charge in [0.25, 0.3) is 0 Å². The molecular weight excluding hydrogens is 500 g/mol. The summed E-state index contributed by atoms with van der Waals surface area (Å²) in [5, 5.41) is 8.97. The van der Waals surface area contributed by atoms with Gasteiger partial charge in [0.2, 0.25) is 0 Å². The molecule has 0 fully saturated rings. The SMILES string of the molecule is CCCCCCOC(=O)C(C=Cc1ccc(C(=O)Oc2ccc(C(=O)O)cc2)cc1)C(=O)OCCCCCC. The molecule has 0 amide bonds. The van der Waals surface area contributed by atoms with Crippen molar-refractivity contribution < 1.29 is 38.5 Å². The Hall–Kier alpha value is -3.94. The Morgan fingerprint density at radius 3 is 1.72 bits per heavy atom. The van der Waals surface area contributed by atoms with Crippen molar-refractivity contribution in [1.29, 1.82) is 0 Å². The third-order valence-corrected chi connectivity index (χ3v) is 5.93. The summed E-state index contributed by atoms with van der Waals surface area (Å²) < 4.78 is 16.0. The summed E-state index contributed by atoms with van der Waals surface area (Å²) in [5.74, 6) is -3.92.